The predicted octanol–water partition coefficient (Wildman–Crippen LogP) is 14.7. The molecule has 0 rings (SSSR count). The van der Waals surface area contributed by atoms with Crippen LogP contribution in [0.3, 0.4) is 0 Å². The van der Waals surface area contributed by atoms with Crippen LogP contribution in [0.2, 0.25) is 0 Å². The van der Waals surface area contributed by atoms with E-state index in [-0.39, 0.29) is 32.1 Å². The summed E-state index contributed by atoms with van der Waals surface area (Å²) in [7, 11) is -4.42. The molecule has 0 saturated heterocycles. The van der Waals surface area contributed by atoms with Crippen LogP contribution in [-0.4, -0.2) is 54.3 Å². The maximum atomic E-state index is 12.1. The van der Waals surface area contributed by atoms with Crippen LogP contribution in [0.4, 0.5) is 0 Å². The quantitative estimate of drug-likeness (QED) is 0.0238. The lowest BCUT2D eigenvalue weighted by Crippen LogP contribution is -2.27. The Bertz CT molecular complexity index is 1140. The van der Waals surface area contributed by atoms with Gasteiger partial charge in [0.1, 0.15) is 12.7 Å². The molecule has 0 aromatic rings. The molecule has 10 heteroatoms. The van der Waals surface area contributed by atoms with E-state index < -0.39 is 26.5 Å². The Balaban J connectivity index is 3.58. The predicted molar refractivity (Wildman–Crippen MR) is 257 cm³/mol. The molecule has 0 aliphatic heterocycles. The number of carbonyl (C=O) groups is 2. The summed E-state index contributed by atoms with van der Waals surface area (Å²) in [6.45, 7) is 3.54. The monoisotopic (exact) mass is 880 g/mol. The lowest BCUT2D eigenvalue weighted by atomic mass is 10.1. The zero-order valence-corrected chi connectivity index (χ0v) is 40.3. The summed E-state index contributed by atoms with van der Waals surface area (Å²) in [6.07, 6.45) is 56.1. The first-order chi connectivity index (χ1) is 29.8. The van der Waals surface area contributed by atoms with Crippen LogP contribution >= 0.6 is 7.82 Å². The van der Waals surface area contributed by atoms with Gasteiger partial charge in [0.15, 0.2) is 0 Å². The number of esters is 1. The summed E-state index contributed by atoms with van der Waals surface area (Å²) in [5.74, 6) is -0.522. The fraction of sp³-hybridized carbons (Fsp3) is 0.804. The second-order valence-electron chi connectivity index (χ2n) is 16.8. The summed E-state index contributed by atoms with van der Waals surface area (Å²) in [5, 5.41) is 12.7. The van der Waals surface area contributed by atoms with Crippen molar-refractivity contribution in [3.8, 4) is 0 Å². The normalized spacial score (nSPS) is 13.6. The molecule has 0 bridgehead atoms. The third kappa shape index (κ3) is 48.9. The van der Waals surface area contributed by atoms with Crippen molar-refractivity contribution in [3.05, 3.63) is 48.6 Å². The van der Waals surface area contributed by atoms with E-state index in [1.54, 1.807) is 0 Å². The minimum Gasteiger partial charge on any atom is -0.463 e. The first-order valence-corrected chi connectivity index (χ1v) is 26.6. The number of rotatable bonds is 47. The van der Waals surface area contributed by atoms with E-state index in [0.29, 0.717) is 6.42 Å². The number of phosphoric ester groups is 1. The van der Waals surface area contributed by atoms with Crippen molar-refractivity contribution in [1.82, 2.24) is 5.32 Å². The Kier molecular flexibility index (Phi) is 45.9. The van der Waals surface area contributed by atoms with Gasteiger partial charge in [-0.25, -0.2) is 4.57 Å². The highest BCUT2D eigenvalue weighted by atomic mass is 31.2. The number of hydrogen-bond acceptors (Lipinski definition) is 7. The molecule has 9 nitrogen and oxygen atoms in total. The van der Waals surface area contributed by atoms with Crippen molar-refractivity contribution < 1.29 is 37.9 Å². The fourth-order valence-electron chi connectivity index (χ4n) is 6.91. The molecule has 0 radical (unpaired) electrons. The van der Waals surface area contributed by atoms with Crippen molar-refractivity contribution >= 4 is 19.7 Å². The van der Waals surface area contributed by atoms with Gasteiger partial charge in [0.05, 0.1) is 13.2 Å². The minimum absolute atomic E-state index is 0.0765. The number of ether oxygens (including phenoxy) is 1. The van der Waals surface area contributed by atoms with Crippen molar-refractivity contribution in [2.24, 2.45) is 0 Å². The van der Waals surface area contributed by atoms with Gasteiger partial charge >= 0.3 is 13.8 Å². The topological polar surface area (TPSA) is 131 Å². The zero-order valence-electron chi connectivity index (χ0n) is 39.4. The molecule has 61 heavy (non-hydrogen) atoms. The van der Waals surface area contributed by atoms with Gasteiger partial charge in [-0.3, -0.25) is 18.6 Å². The van der Waals surface area contributed by atoms with Crippen LogP contribution in [0.15, 0.2) is 48.6 Å². The fourth-order valence-corrected chi connectivity index (χ4v) is 7.67. The van der Waals surface area contributed by atoms with Crippen LogP contribution in [0.25, 0.3) is 0 Å². The van der Waals surface area contributed by atoms with E-state index in [0.717, 1.165) is 57.8 Å². The highest BCUT2D eigenvalue weighted by molar-refractivity contribution is 7.47. The smallest absolute Gasteiger partial charge is 0.463 e. The van der Waals surface area contributed by atoms with Crippen LogP contribution in [0.5, 0.6) is 0 Å². The summed E-state index contributed by atoms with van der Waals surface area (Å²) < 4.78 is 27.0. The molecule has 0 spiro atoms. The average Bonchev–Trinajstić information content (AvgIpc) is 3.25. The lowest BCUT2D eigenvalue weighted by Gasteiger charge is -2.15. The summed E-state index contributed by atoms with van der Waals surface area (Å²) in [4.78, 5) is 34.1. The Morgan fingerprint density at radius 2 is 0.885 bits per heavy atom. The highest BCUT2D eigenvalue weighted by Crippen LogP contribution is 2.42. The molecular weight excluding hydrogens is 786 g/mol. The number of carbonyl (C=O) groups excluding carboxylic acids is 2. The van der Waals surface area contributed by atoms with Gasteiger partial charge in [-0.1, -0.05) is 191 Å². The molecule has 3 N–H and O–H groups in total. The first kappa shape index (κ1) is 59.0. The molecule has 1 amide bonds. The molecule has 356 valence electrons. The summed E-state index contributed by atoms with van der Waals surface area (Å²) in [6, 6.07) is 0. The maximum Gasteiger partial charge on any atom is 0.472 e. The Morgan fingerprint density at radius 1 is 0.508 bits per heavy atom. The molecule has 0 aliphatic carbocycles. The van der Waals surface area contributed by atoms with Crippen molar-refractivity contribution in [2.75, 3.05) is 26.4 Å². The Hall–Kier alpha value is -2.03. The van der Waals surface area contributed by atoms with Crippen LogP contribution < -0.4 is 5.32 Å². The average molecular weight is 880 g/mol. The zero-order chi connectivity index (χ0) is 44.6. The highest BCUT2D eigenvalue weighted by Gasteiger charge is 2.23. The third-order valence-corrected chi connectivity index (χ3v) is 11.7. The number of phosphoric acid groups is 1. The molecule has 0 aliphatic rings. The minimum atomic E-state index is -4.42. The van der Waals surface area contributed by atoms with Gasteiger partial charge in [0, 0.05) is 19.4 Å². The van der Waals surface area contributed by atoms with Gasteiger partial charge in [-0.05, 0) is 77.0 Å². The lowest BCUT2D eigenvalue weighted by molar-refractivity contribution is -0.147. The number of hydrogen-bond donors (Lipinski definition) is 3. The maximum absolute atomic E-state index is 12.1. The van der Waals surface area contributed by atoms with Gasteiger partial charge < -0.3 is 20.1 Å². The van der Waals surface area contributed by atoms with Gasteiger partial charge in [-0.2, -0.15) is 0 Å². The van der Waals surface area contributed by atoms with Gasteiger partial charge in [0.2, 0.25) is 5.91 Å². The second kappa shape index (κ2) is 47.4. The molecule has 2 atom stereocenters. The van der Waals surface area contributed by atoms with E-state index in [4.69, 9.17) is 13.8 Å². The number of nitrogens with one attached hydrogen (secondary N) is 1. The second-order valence-corrected chi connectivity index (χ2v) is 18.2. The van der Waals surface area contributed by atoms with E-state index >= 15 is 0 Å². The molecule has 0 aromatic carbocycles. The van der Waals surface area contributed by atoms with E-state index in [2.05, 4.69) is 67.8 Å². The molecule has 0 heterocycles. The van der Waals surface area contributed by atoms with E-state index in [9.17, 15) is 24.2 Å². The van der Waals surface area contributed by atoms with Crippen LogP contribution in [-0.2, 0) is 27.9 Å². The molecule has 0 saturated carbocycles. The van der Waals surface area contributed by atoms with Gasteiger partial charge in [-0.15, -0.1) is 0 Å². The molecule has 2 unspecified atom stereocenters. The Morgan fingerprint density at radius 3 is 1.38 bits per heavy atom. The van der Waals surface area contributed by atoms with Crippen molar-refractivity contribution in [2.45, 2.75) is 238 Å². The molecule has 0 aromatic heterocycles. The Labute approximate surface area is 375 Å². The van der Waals surface area contributed by atoms with E-state index in [1.165, 1.54) is 148 Å². The molecule has 0 fully saturated rings. The standard InChI is InChI=1S/C51H94NO8P/c1-3-5-7-9-11-13-15-17-19-21-23-24-26-27-29-31-33-35-37-39-41-43-50(54)52-45-46-59-61(56,57)60-48-49(53)47-58-51(55)44-42-40-38-36-34-32-30-28-25-22-20-18-16-14-12-10-8-6-4-2/h11,13,17-20,23-24,49,53H,3-10,12,14-16,21-22,25-48H2,1-2H3,(H,52,54)(H,56,57)/b13-11-,19-17-,20-18+,24-23-. The first-order valence-electron chi connectivity index (χ1n) is 25.1. The largest absolute Gasteiger partial charge is 0.472 e. The van der Waals surface area contributed by atoms with Crippen LogP contribution in [0.1, 0.15) is 232 Å². The summed E-state index contributed by atoms with van der Waals surface area (Å²) >= 11 is 0. The van der Waals surface area contributed by atoms with Crippen molar-refractivity contribution in [3.63, 3.8) is 0 Å². The SMILES string of the molecule is CCCCC/C=C\C/C=C\C/C=C\CCCCCCCCCCC(=O)NCCOP(=O)(O)OCC(O)COC(=O)CCCCCCCCCCC/C=C/CCCCCCCC. The third-order valence-electron chi connectivity index (χ3n) is 10.7. The van der Waals surface area contributed by atoms with Crippen LogP contribution in [0, 0.1) is 0 Å². The number of aliphatic hydroxyl groups excluding tert-OH is 1. The van der Waals surface area contributed by atoms with E-state index in [1.807, 2.05) is 0 Å². The summed E-state index contributed by atoms with van der Waals surface area (Å²) in [5.41, 5.74) is 0. The number of amides is 1. The van der Waals surface area contributed by atoms with Gasteiger partial charge in [0.25, 0.3) is 0 Å². The number of unbranched alkanes of at least 4 members (excludes halogenated alkanes) is 26. The number of allylic oxidation sites excluding steroid dienone is 8. The molecular formula is C51H94NO8P. The number of aliphatic hydroxyl groups is 1. The van der Waals surface area contributed by atoms with Crippen molar-refractivity contribution in [1.29, 1.82) is 0 Å².